The van der Waals surface area contributed by atoms with Gasteiger partial charge in [0.2, 0.25) is 5.91 Å². The lowest BCUT2D eigenvalue weighted by atomic mass is 10.1. The van der Waals surface area contributed by atoms with Crippen molar-refractivity contribution in [3.05, 3.63) is 24.3 Å². The van der Waals surface area contributed by atoms with Crippen molar-refractivity contribution in [2.24, 2.45) is 0 Å². The summed E-state index contributed by atoms with van der Waals surface area (Å²) in [6, 6.07) is 7.98. The molecule has 0 radical (unpaired) electrons. The van der Waals surface area contributed by atoms with Crippen molar-refractivity contribution in [1.82, 2.24) is 10.6 Å². The van der Waals surface area contributed by atoms with Gasteiger partial charge >= 0.3 is 0 Å². The Bertz CT molecular complexity index is 627. The molecule has 148 valence electrons. The number of nitrogens with zero attached hydrogens (tertiary/aromatic N) is 1. The van der Waals surface area contributed by atoms with Crippen molar-refractivity contribution in [1.29, 1.82) is 0 Å². The standard InChI is InChI=1S/C21H31N3O3/c25-20(23-13-12-22-17-7-3-1-2-4-8-17)16-27-19-10-5-9-18(15-19)24-14-6-11-21(24)26/h5,9-10,15,17,22H,1-4,6-8,11-14,16H2,(H,23,25). The first-order chi connectivity index (χ1) is 13.2. The Morgan fingerprint density at radius 2 is 1.93 bits per heavy atom. The van der Waals surface area contributed by atoms with Crippen molar-refractivity contribution in [3.8, 4) is 5.75 Å². The van der Waals surface area contributed by atoms with Crippen molar-refractivity contribution < 1.29 is 14.3 Å². The summed E-state index contributed by atoms with van der Waals surface area (Å²) in [4.78, 5) is 25.6. The molecule has 0 aromatic heterocycles. The lowest BCUT2D eigenvalue weighted by molar-refractivity contribution is -0.123. The van der Waals surface area contributed by atoms with Crippen LogP contribution in [0.15, 0.2) is 24.3 Å². The van der Waals surface area contributed by atoms with Crippen molar-refractivity contribution in [2.45, 2.75) is 57.4 Å². The second-order valence-corrected chi connectivity index (χ2v) is 7.43. The van der Waals surface area contributed by atoms with Gasteiger partial charge < -0.3 is 20.3 Å². The van der Waals surface area contributed by atoms with Crippen LogP contribution in [0.4, 0.5) is 5.69 Å². The third kappa shape index (κ3) is 6.24. The van der Waals surface area contributed by atoms with Gasteiger partial charge in [0.25, 0.3) is 5.91 Å². The summed E-state index contributed by atoms with van der Waals surface area (Å²) in [6.45, 7) is 2.14. The Hall–Kier alpha value is -2.08. The maximum atomic E-state index is 12.0. The molecule has 0 unspecified atom stereocenters. The summed E-state index contributed by atoms with van der Waals surface area (Å²) in [5, 5.41) is 6.43. The molecule has 6 nitrogen and oxygen atoms in total. The van der Waals surface area contributed by atoms with Crippen LogP contribution in [-0.2, 0) is 9.59 Å². The quantitative estimate of drug-likeness (QED) is 0.543. The van der Waals surface area contributed by atoms with Crippen LogP contribution in [0.25, 0.3) is 0 Å². The first kappa shape index (κ1) is 19.7. The van der Waals surface area contributed by atoms with E-state index in [4.69, 9.17) is 4.74 Å². The zero-order chi connectivity index (χ0) is 18.9. The topological polar surface area (TPSA) is 70.7 Å². The number of rotatable bonds is 8. The van der Waals surface area contributed by atoms with Crippen LogP contribution in [0.3, 0.4) is 0 Å². The van der Waals surface area contributed by atoms with Gasteiger partial charge in [-0.25, -0.2) is 0 Å². The maximum absolute atomic E-state index is 12.0. The highest BCUT2D eigenvalue weighted by atomic mass is 16.5. The minimum absolute atomic E-state index is 0.0131. The molecule has 3 rings (SSSR count). The van der Waals surface area contributed by atoms with E-state index in [0.717, 1.165) is 25.2 Å². The first-order valence-corrected chi connectivity index (χ1v) is 10.3. The van der Waals surface area contributed by atoms with Crippen LogP contribution in [0.5, 0.6) is 5.75 Å². The zero-order valence-corrected chi connectivity index (χ0v) is 16.0. The molecule has 1 saturated carbocycles. The number of nitrogens with one attached hydrogen (secondary N) is 2. The number of anilines is 1. The number of carbonyl (C=O) groups is 2. The number of amides is 2. The van der Waals surface area contributed by atoms with Gasteiger partial charge in [-0.2, -0.15) is 0 Å². The third-order valence-corrected chi connectivity index (χ3v) is 5.31. The predicted molar refractivity (Wildman–Crippen MR) is 106 cm³/mol. The molecule has 2 amide bonds. The molecule has 0 bridgehead atoms. The molecule has 1 saturated heterocycles. The maximum Gasteiger partial charge on any atom is 0.257 e. The van der Waals surface area contributed by atoms with Crippen LogP contribution in [0.1, 0.15) is 51.4 Å². The lowest BCUT2D eigenvalue weighted by Gasteiger charge is -2.17. The smallest absolute Gasteiger partial charge is 0.257 e. The highest BCUT2D eigenvalue weighted by Crippen LogP contribution is 2.25. The number of carbonyl (C=O) groups excluding carboxylic acids is 2. The van der Waals surface area contributed by atoms with Crippen LogP contribution in [0, 0.1) is 0 Å². The van der Waals surface area contributed by atoms with E-state index >= 15 is 0 Å². The molecule has 2 aliphatic rings. The Balaban J connectivity index is 1.34. The van der Waals surface area contributed by atoms with Crippen LogP contribution in [0.2, 0.25) is 0 Å². The van der Waals surface area contributed by atoms with Crippen molar-refractivity contribution in [3.63, 3.8) is 0 Å². The largest absolute Gasteiger partial charge is 0.484 e. The minimum Gasteiger partial charge on any atom is -0.484 e. The minimum atomic E-state index is -0.125. The van der Waals surface area contributed by atoms with Gasteiger partial charge in [-0.1, -0.05) is 31.7 Å². The average molecular weight is 373 g/mol. The lowest BCUT2D eigenvalue weighted by Crippen LogP contribution is -2.38. The van der Waals surface area contributed by atoms with E-state index in [9.17, 15) is 9.59 Å². The molecule has 6 heteroatoms. The predicted octanol–water partition coefficient (Wildman–Crippen LogP) is 2.62. The van der Waals surface area contributed by atoms with Gasteiger partial charge in [0.1, 0.15) is 5.75 Å². The van der Waals surface area contributed by atoms with Crippen LogP contribution in [-0.4, -0.2) is 44.1 Å². The molecule has 1 heterocycles. The fraction of sp³-hybridized carbons (Fsp3) is 0.619. The SMILES string of the molecule is O=C(COc1cccc(N2CCCC2=O)c1)NCCNC1CCCCCC1. The Morgan fingerprint density at radius 3 is 2.67 bits per heavy atom. The van der Waals surface area contributed by atoms with Gasteiger partial charge in [0.05, 0.1) is 0 Å². The van der Waals surface area contributed by atoms with Gasteiger partial charge in [-0.05, 0) is 31.4 Å². The molecular formula is C21H31N3O3. The molecule has 0 atom stereocenters. The summed E-state index contributed by atoms with van der Waals surface area (Å²) < 4.78 is 5.60. The van der Waals surface area contributed by atoms with E-state index in [0.29, 0.717) is 24.8 Å². The van der Waals surface area contributed by atoms with E-state index < -0.39 is 0 Å². The second-order valence-electron chi connectivity index (χ2n) is 7.43. The summed E-state index contributed by atoms with van der Waals surface area (Å²) in [5.41, 5.74) is 0.836. The van der Waals surface area contributed by atoms with Gasteiger partial charge in [-0.15, -0.1) is 0 Å². The van der Waals surface area contributed by atoms with E-state index in [1.807, 2.05) is 24.3 Å². The molecule has 2 fully saturated rings. The Kier molecular flexibility index (Phi) is 7.51. The molecule has 1 aliphatic carbocycles. The Morgan fingerprint density at radius 1 is 1.11 bits per heavy atom. The number of hydrogen-bond donors (Lipinski definition) is 2. The molecule has 2 N–H and O–H groups in total. The fourth-order valence-corrected chi connectivity index (χ4v) is 3.82. The molecule has 1 aromatic carbocycles. The van der Waals surface area contributed by atoms with E-state index in [-0.39, 0.29) is 18.4 Å². The number of hydrogen-bond acceptors (Lipinski definition) is 4. The summed E-state index contributed by atoms with van der Waals surface area (Å²) in [6.07, 6.45) is 9.28. The molecule has 0 spiro atoms. The monoisotopic (exact) mass is 373 g/mol. The fourth-order valence-electron chi connectivity index (χ4n) is 3.82. The number of ether oxygens (including phenoxy) is 1. The summed E-state index contributed by atoms with van der Waals surface area (Å²) in [7, 11) is 0. The van der Waals surface area contributed by atoms with E-state index in [1.54, 1.807) is 4.90 Å². The third-order valence-electron chi connectivity index (χ3n) is 5.31. The highest BCUT2D eigenvalue weighted by molar-refractivity contribution is 5.95. The second kappa shape index (κ2) is 10.3. The highest BCUT2D eigenvalue weighted by Gasteiger charge is 2.21. The van der Waals surface area contributed by atoms with Crippen molar-refractivity contribution >= 4 is 17.5 Å². The van der Waals surface area contributed by atoms with Crippen molar-refractivity contribution in [2.75, 3.05) is 31.1 Å². The van der Waals surface area contributed by atoms with E-state index in [1.165, 1.54) is 38.5 Å². The first-order valence-electron chi connectivity index (χ1n) is 10.3. The summed E-state index contributed by atoms with van der Waals surface area (Å²) >= 11 is 0. The normalized spacial score (nSPS) is 18.4. The van der Waals surface area contributed by atoms with Crippen LogP contribution >= 0.6 is 0 Å². The number of benzene rings is 1. The molecular weight excluding hydrogens is 342 g/mol. The van der Waals surface area contributed by atoms with Crippen LogP contribution < -0.4 is 20.3 Å². The van der Waals surface area contributed by atoms with Gasteiger partial charge in [0, 0.05) is 43.9 Å². The van der Waals surface area contributed by atoms with Gasteiger partial charge in [-0.3, -0.25) is 9.59 Å². The summed E-state index contributed by atoms with van der Waals surface area (Å²) in [5.74, 6) is 0.630. The zero-order valence-electron chi connectivity index (χ0n) is 16.0. The van der Waals surface area contributed by atoms with Gasteiger partial charge in [0.15, 0.2) is 6.61 Å². The Labute approximate surface area is 161 Å². The average Bonchev–Trinajstić information content (AvgIpc) is 2.94. The molecule has 1 aromatic rings. The molecule has 1 aliphatic heterocycles. The molecule has 27 heavy (non-hydrogen) atoms. The van der Waals surface area contributed by atoms with E-state index in [2.05, 4.69) is 10.6 Å².